The highest BCUT2D eigenvalue weighted by Crippen LogP contribution is 2.41. The van der Waals surface area contributed by atoms with Crippen LogP contribution in [0.15, 0.2) is 0 Å². The number of aliphatic hydroxyl groups is 11. The molecule has 0 radical (unpaired) electrons. The Hall–Kier alpha value is -2.05. The molecule has 6 aliphatic rings. The molecule has 103 heavy (non-hydrogen) atoms. The summed E-state index contributed by atoms with van der Waals surface area (Å²) in [6, 6.07) is 0. The second kappa shape index (κ2) is 34.7. The van der Waals surface area contributed by atoms with Crippen LogP contribution in [0.5, 0.6) is 0 Å². The maximum atomic E-state index is 12.7. The third-order valence-corrected chi connectivity index (χ3v) is 18.4. The lowest BCUT2D eigenvalue weighted by atomic mass is 9.95. The molecule has 20 N–H and O–H groups in total. The largest absolute Gasteiger partial charge is 0.397 e. The van der Waals surface area contributed by atoms with Crippen molar-refractivity contribution in [3.63, 3.8) is 0 Å². The Labute approximate surface area is 577 Å². The van der Waals surface area contributed by atoms with E-state index >= 15 is 0 Å². The van der Waals surface area contributed by atoms with Crippen molar-refractivity contribution >= 4 is 93.6 Å². The van der Waals surface area contributed by atoms with Crippen LogP contribution in [-0.4, -0.2) is 397 Å². The van der Waals surface area contributed by atoms with Gasteiger partial charge in [-0.3, -0.25) is 41.0 Å². The third-order valence-electron chi connectivity index (χ3n) is 14.3. The topological polar surface area (TPSA) is 896 Å². The van der Waals surface area contributed by atoms with Crippen molar-refractivity contribution in [2.45, 2.75) is 184 Å². The van der Waals surface area contributed by atoms with Crippen molar-refractivity contribution in [1.29, 1.82) is 0 Å². The van der Waals surface area contributed by atoms with E-state index in [1.54, 1.807) is 0 Å². The minimum absolute atomic E-state index is 1.34. The monoisotopic (exact) mass is 1710 g/mol. The summed E-state index contributed by atoms with van der Waals surface area (Å²) in [5.74, 6) is 0. The number of rotatable bonds is 34. The van der Waals surface area contributed by atoms with Gasteiger partial charge in [-0.2, -0.15) is 75.8 Å². The van der Waals surface area contributed by atoms with Gasteiger partial charge in [0.2, 0.25) is 0 Å². The summed E-state index contributed by atoms with van der Waals surface area (Å²) in [7, 11) is -54.1. The van der Waals surface area contributed by atoms with Crippen molar-refractivity contribution < 1.29 is 263 Å². The fourth-order valence-electron chi connectivity index (χ4n) is 10.3. The number of ether oxygens (including phenoxy) is 11. The van der Waals surface area contributed by atoms with Crippen LogP contribution < -0.4 is 0 Å². The Balaban J connectivity index is 1.45. The maximum Gasteiger partial charge on any atom is 0.397 e. The Morgan fingerprint density at radius 3 is 0.738 bits per heavy atom. The normalized spacial score (nSPS) is 40.3. The molecule has 67 heteroatoms. The fourth-order valence-corrected chi connectivity index (χ4v) is 14.1. The molecule has 0 aromatic rings. The highest BCUT2D eigenvalue weighted by Gasteiger charge is 2.62. The summed E-state index contributed by atoms with van der Waals surface area (Å²) in [5, 5.41) is 121. The molecule has 0 unspecified atom stereocenters. The van der Waals surface area contributed by atoms with E-state index < -0.39 is 317 Å². The first-order valence-corrected chi connectivity index (χ1v) is 39.4. The smallest absolute Gasteiger partial charge is 0.394 e. The van der Waals surface area contributed by atoms with Gasteiger partial charge < -0.3 is 108 Å². The standard InChI is InChI=1S/C36H62O58S9/c37-1-7-14(41)22(28(31(47)78-7)92-101(66,67)68)86-33-26(90-99(60,61)62)18(45)20(11(82-33)5-76-96(51,52)53)84-36-30(94-103(72,73)74)24(16(43)9(3-39)80-36)88-34-27(91-100(63,64)65)19(46)21(12(83-34)6-77-97(54,55)56)85-35-29(93-102(69,70)71)23(15(42)8(2-38)79-35)87-32-25(89-98(57,58)59)17(44)13(40)10(81-32)4-75-95(48,49)50/h7-47H,1-6H2,(H,48,49,50)(H,51,52,53)(H,54,55,56)(H,57,58,59)(H,60,61,62)(H,63,64,65)(H,66,67,68)(H,69,70,71)(H,72,73,74)/t7-,8-,9-,10-,11-,12-,13+,14+,15+,16+,17+,18+,19+,20+,21+,22+,23+,24+,25-,26-,27-,28-,29-,30-,31-,32-,33-,34-,35+,36+/m1/s1. The van der Waals surface area contributed by atoms with E-state index in [9.17, 15) is 168 Å². The zero-order chi connectivity index (χ0) is 78.2. The molecule has 0 amide bonds. The zero-order valence-corrected chi connectivity index (χ0v) is 57.0. The van der Waals surface area contributed by atoms with Crippen molar-refractivity contribution in [2.75, 3.05) is 39.6 Å². The van der Waals surface area contributed by atoms with Gasteiger partial charge in [-0.05, 0) is 0 Å². The molecule has 0 spiro atoms. The minimum Gasteiger partial charge on any atom is -0.394 e. The predicted octanol–water partition coefficient (Wildman–Crippen LogP) is -15.7. The summed E-state index contributed by atoms with van der Waals surface area (Å²) < 4.78 is 404. The van der Waals surface area contributed by atoms with Crippen LogP contribution in [0.25, 0.3) is 0 Å². The molecule has 6 fully saturated rings. The molecule has 6 saturated heterocycles. The van der Waals surface area contributed by atoms with E-state index in [1.807, 2.05) is 0 Å². The Bertz CT molecular complexity index is 3900. The molecule has 0 aromatic heterocycles. The van der Waals surface area contributed by atoms with Crippen LogP contribution in [0, 0.1) is 0 Å². The van der Waals surface area contributed by atoms with Crippen molar-refractivity contribution in [3.05, 3.63) is 0 Å². The molecule has 6 heterocycles. The summed E-state index contributed by atoms with van der Waals surface area (Å²) in [4.78, 5) is 0. The molecule has 30 atom stereocenters. The van der Waals surface area contributed by atoms with Crippen LogP contribution in [0.1, 0.15) is 0 Å². The predicted molar refractivity (Wildman–Crippen MR) is 293 cm³/mol. The SMILES string of the molecule is O=S(=O)(O)OC[C@H]1O[C@H](O[C@H]2[C@@H](O)[C@@H](CO)O[C@@H](O[C@@H]3[C@H](O)[C@@H](OS(=O)(=O)O)[C@@H](O[C@H]4[C@@H](O)[C@@H](CO)O[C@@H](O[C@@H]5[C@H](O)[C@@H](OS(=O)(=O)O)[C@@H](O[C@H]6[C@@H](O)[C@@H](CO)O[C@@H](O)[C@@H]6OS(=O)(=O)O)O[C@@H]5COS(=O)(=O)O)[C@@H]4OS(=O)(=O)O)O[C@@H]3COS(=O)(=O)O)[C@@H]2OS(=O)(=O)O)[C@H](OS(=O)(=O)O)[C@@H](O)[C@H]1O. The first-order chi connectivity index (χ1) is 46.8. The summed E-state index contributed by atoms with van der Waals surface area (Å²) in [5.41, 5.74) is 0. The van der Waals surface area contributed by atoms with Gasteiger partial charge in [0.25, 0.3) is 0 Å². The molecule has 58 nitrogen and oxygen atoms in total. The molecule has 0 saturated carbocycles. The summed E-state index contributed by atoms with van der Waals surface area (Å²) in [6.45, 7) is -10.1. The molecular formula is C36H62O58S9. The molecule has 6 rings (SSSR count). The molecule has 608 valence electrons. The fraction of sp³-hybridized carbons (Fsp3) is 1.00. The van der Waals surface area contributed by atoms with E-state index in [2.05, 4.69) is 37.6 Å². The number of hydrogen-bond donors (Lipinski definition) is 20. The van der Waals surface area contributed by atoms with Crippen molar-refractivity contribution in [3.8, 4) is 0 Å². The number of aliphatic hydroxyl groups excluding tert-OH is 11. The van der Waals surface area contributed by atoms with Crippen LogP contribution in [0.3, 0.4) is 0 Å². The van der Waals surface area contributed by atoms with E-state index in [4.69, 9.17) is 56.7 Å². The second-order valence-corrected chi connectivity index (χ2v) is 30.9. The average Bonchev–Trinajstić information content (AvgIpc) is 0.764. The van der Waals surface area contributed by atoms with Gasteiger partial charge in [0.1, 0.15) is 110 Å². The highest BCUT2D eigenvalue weighted by atomic mass is 32.3. The average molecular weight is 1710 g/mol. The molecule has 0 aliphatic carbocycles. The van der Waals surface area contributed by atoms with E-state index in [0.717, 1.165) is 0 Å². The maximum absolute atomic E-state index is 12.7. The van der Waals surface area contributed by atoms with Crippen molar-refractivity contribution in [2.24, 2.45) is 0 Å². The minimum atomic E-state index is -6.34. The van der Waals surface area contributed by atoms with E-state index in [-0.39, 0.29) is 0 Å². The van der Waals surface area contributed by atoms with Gasteiger partial charge in [0.15, 0.2) is 74.4 Å². The summed E-state index contributed by atoms with van der Waals surface area (Å²) in [6.07, 6.45) is -87.6. The molecule has 6 aliphatic heterocycles. The first-order valence-electron chi connectivity index (χ1n) is 27.1. The highest BCUT2D eigenvalue weighted by molar-refractivity contribution is 7.82. The van der Waals surface area contributed by atoms with Crippen LogP contribution >= 0.6 is 0 Å². The van der Waals surface area contributed by atoms with Crippen molar-refractivity contribution in [1.82, 2.24) is 0 Å². The zero-order valence-electron chi connectivity index (χ0n) is 49.7. The lowest BCUT2D eigenvalue weighted by Gasteiger charge is -2.50. The van der Waals surface area contributed by atoms with E-state index in [0.29, 0.717) is 0 Å². The van der Waals surface area contributed by atoms with Crippen LogP contribution in [0.4, 0.5) is 0 Å². The lowest BCUT2D eigenvalue weighted by molar-refractivity contribution is -0.391. The summed E-state index contributed by atoms with van der Waals surface area (Å²) >= 11 is 0. The second-order valence-electron chi connectivity index (χ2n) is 21.3. The van der Waals surface area contributed by atoms with Gasteiger partial charge in [-0.25, -0.2) is 37.6 Å². The Morgan fingerprint density at radius 2 is 0.447 bits per heavy atom. The van der Waals surface area contributed by atoms with E-state index in [1.165, 1.54) is 0 Å². The first kappa shape index (κ1) is 89.8. The Kier molecular flexibility index (Phi) is 30.3. The van der Waals surface area contributed by atoms with Crippen LogP contribution in [0.2, 0.25) is 0 Å². The van der Waals surface area contributed by atoms with Gasteiger partial charge in [0.05, 0.1) is 39.6 Å². The van der Waals surface area contributed by atoms with Gasteiger partial charge in [-0.1, -0.05) is 0 Å². The van der Waals surface area contributed by atoms with Gasteiger partial charge in [-0.15, -0.1) is 0 Å². The third kappa shape index (κ3) is 26.0. The van der Waals surface area contributed by atoms with Gasteiger partial charge in [0, 0.05) is 0 Å². The molecule has 0 bridgehead atoms. The Morgan fingerprint density at radius 1 is 0.223 bits per heavy atom. The van der Waals surface area contributed by atoms with Crippen LogP contribution in [-0.2, 0) is 183 Å². The quantitative estimate of drug-likeness (QED) is 0.0266. The number of hydrogen-bond acceptors (Lipinski definition) is 49. The molecule has 0 aromatic carbocycles. The molecular weight excluding hydrogens is 1650 g/mol. The van der Waals surface area contributed by atoms with Gasteiger partial charge >= 0.3 is 93.6 Å². The lowest BCUT2D eigenvalue weighted by Crippen LogP contribution is -2.69.